The summed E-state index contributed by atoms with van der Waals surface area (Å²) in [5, 5.41) is 7.39. The first-order valence-corrected chi connectivity index (χ1v) is 10.4. The van der Waals surface area contributed by atoms with E-state index in [0.29, 0.717) is 23.0 Å². The second-order valence-electron chi connectivity index (χ2n) is 9.77. The van der Waals surface area contributed by atoms with Crippen molar-refractivity contribution in [2.75, 3.05) is 32.7 Å². The van der Waals surface area contributed by atoms with Gasteiger partial charge < -0.3 is 10.6 Å². The first-order valence-electron chi connectivity index (χ1n) is 10.4. The van der Waals surface area contributed by atoms with Crippen molar-refractivity contribution in [2.24, 2.45) is 5.41 Å². The lowest BCUT2D eigenvalue weighted by atomic mass is 9.66. The van der Waals surface area contributed by atoms with Crippen molar-refractivity contribution in [3.05, 3.63) is 0 Å². The normalized spacial score (nSPS) is 40.2. The van der Waals surface area contributed by atoms with Crippen LogP contribution in [0.25, 0.3) is 0 Å². The molecule has 4 heterocycles. The van der Waals surface area contributed by atoms with Gasteiger partial charge in [-0.1, -0.05) is 0 Å². The van der Waals surface area contributed by atoms with Gasteiger partial charge in [0.2, 0.25) is 0 Å². The molecule has 0 bridgehead atoms. The summed E-state index contributed by atoms with van der Waals surface area (Å²) in [7, 11) is 0. The number of likely N-dealkylation sites (tertiary alicyclic amines) is 2. The van der Waals surface area contributed by atoms with Crippen LogP contribution in [0.4, 0.5) is 0 Å². The maximum atomic E-state index is 3.82. The fourth-order valence-corrected chi connectivity index (χ4v) is 5.99. The van der Waals surface area contributed by atoms with E-state index in [4.69, 9.17) is 0 Å². The van der Waals surface area contributed by atoms with Gasteiger partial charge in [0.15, 0.2) is 0 Å². The van der Waals surface area contributed by atoms with Crippen LogP contribution in [-0.4, -0.2) is 72.2 Å². The minimum atomic E-state index is 0.473. The van der Waals surface area contributed by atoms with Gasteiger partial charge in [-0.2, -0.15) is 0 Å². The Kier molecular flexibility index (Phi) is 4.48. The molecule has 0 aromatic carbocycles. The fraction of sp³-hybridized carbons (Fsp3) is 1.00. The third-order valence-electron chi connectivity index (χ3n) is 7.72. The van der Waals surface area contributed by atoms with E-state index in [0.717, 1.165) is 12.1 Å². The number of piperidine rings is 2. The van der Waals surface area contributed by atoms with Crippen molar-refractivity contribution < 1.29 is 0 Å². The summed E-state index contributed by atoms with van der Waals surface area (Å²) in [6.45, 7) is 16.0. The molecule has 0 aromatic heterocycles. The maximum absolute atomic E-state index is 3.82. The molecule has 2 spiro atoms. The van der Waals surface area contributed by atoms with Gasteiger partial charge in [0.25, 0.3) is 0 Å². The second kappa shape index (κ2) is 6.22. The Hall–Kier alpha value is -0.160. The molecule has 0 aromatic rings. The molecule has 0 radical (unpaired) electrons. The van der Waals surface area contributed by atoms with E-state index in [1.165, 1.54) is 64.8 Å². The Bertz CT molecular complexity index is 411. The lowest BCUT2D eigenvalue weighted by molar-refractivity contribution is -0.0752. The van der Waals surface area contributed by atoms with Crippen LogP contribution >= 0.6 is 0 Å². The van der Waals surface area contributed by atoms with Crippen molar-refractivity contribution >= 4 is 0 Å². The largest absolute Gasteiger partial charge is 0.316 e. The summed E-state index contributed by atoms with van der Waals surface area (Å²) in [5.74, 6) is 0. The Morgan fingerprint density at radius 3 is 1.88 bits per heavy atom. The highest BCUT2D eigenvalue weighted by Crippen LogP contribution is 2.44. The number of nitrogens with one attached hydrogen (secondary N) is 2. The number of nitrogens with zero attached hydrogens (tertiary/aromatic N) is 2. The Balaban J connectivity index is 1.59. The Morgan fingerprint density at radius 1 is 0.833 bits per heavy atom. The molecule has 4 rings (SSSR count). The number of hydrogen-bond acceptors (Lipinski definition) is 4. The fourth-order valence-electron chi connectivity index (χ4n) is 5.99. The van der Waals surface area contributed by atoms with E-state index >= 15 is 0 Å². The molecule has 24 heavy (non-hydrogen) atoms. The molecular weight excluding hydrogens is 296 g/mol. The predicted octanol–water partition coefficient (Wildman–Crippen LogP) is 2.05. The van der Waals surface area contributed by atoms with E-state index in [-0.39, 0.29) is 0 Å². The molecule has 4 nitrogen and oxygen atoms in total. The van der Waals surface area contributed by atoms with Crippen LogP contribution in [0.1, 0.15) is 59.8 Å². The van der Waals surface area contributed by atoms with Crippen LogP contribution in [-0.2, 0) is 0 Å². The first kappa shape index (κ1) is 17.3. The molecule has 138 valence electrons. The van der Waals surface area contributed by atoms with Crippen molar-refractivity contribution in [1.82, 2.24) is 20.4 Å². The molecule has 0 saturated carbocycles. The van der Waals surface area contributed by atoms with E-state index < -0.39 is 0 Å². The van der Waals surface area contributed by atoms with E-state index in [1.54, 1.807) is 0 Å². The molecule has 0 aliphatic carbocycles. The minimum Gasteiger partial charge on any atom is -0.316 e. The van der Waals surface area contributed by atoms with Crippen molar-refractivity contribution in [3.63, 3.8) is 0 Å². The van der Waals surface area contributed by atoms with Crippen molar-refractivity contribution in [1.29, 1.82) is 0 Å². The summed E-state index contributed by atoms with van der Waals surface area (Å²) < 4.78 is 0. The SMILES string of the molecule is CC(C)N1CCC2(CNC2)CC1C1CC2(CCN2)CCN1C(C)C. The summed E-state index contributed by atoms with van der Waals surface area (Å²) in [5.41, 5.74) is 1.08. The highest BCUT2D eigenvalue weighted by Gasteiger charge is 2.52. The molecular formula is C20H38N4. The van der Waals surface area contributed by atoms with Gasteiger partial charge in [-0.3, -0.25) is 9.80 Å². The maximum Gasteiger partial charge on any atom is 0.0272 e. The molecule has 4 aliphatic rings. The zero-order valence-electron chi connectivity index (χ0n) is 16.3. The van der Waals surface area contributed by atoms with Gasteiger partial charge in [-0.15, -0.1) is 0 Å². The zero-order chi connectivity index (χ0) is 16.9. The zero-order valence-corrected chi connectivity index (χ0v) is 16.3. The minimum absolute atomic E-state index is 0.473. The summed E-state index contributed by atoms with van der Waals surface area (Å²) >= 11 is 0. The number of hydrogen-bond donors (Lipinski definition) is 2. The van der Waals surface area contributed by atoms with E-state index in [1.807, 2.05) is 0 Å². The van der Waals surface area contributed by atoms with E-state index in [2.05, 4.69) is 48.1 Å². The van der Waals surface area contributed by atoms with Crippen LogP contribution < -0.4 is 10.6 Å². The summed E-state index contributed by atoms with van der Waals surface area (Å²) in [6.07, 6.45) is 6.91. The van der Waals surface area contributed by atoms with Crippen LogP contribution in [0.3, 0.4) is 0 Å². The average molecular weight is 335 g/mol. The van der Waals surface area contributed by atoms with Crippen LogP contribution in [0, 0.1) is 5.41 Å². The Morgan fingerprint density at radius 2 is 1.42 bits per heavy atom. The van der Waals surface area contributed by atoms with E-state index in [9.17, 15) is 0 Å². The van der Waals surface area contributed by atoms with Gasteiger partial charge in [-0.05, 0) is 78.3 Å². The summed E-state index contributed by atoms with van der Waals surface area (Å²) in [4.78, 5) is 5.69. The topological polar surface area (TPSA) is 30.5 Å². The molecule has 2 N–H and O–H groups in total. The lowest BCUT2D eigenvalue weighted by Crippen LogP contribution is -2.71. The average Bonchev–Trinajstić information content (AvgIpc) is 2.50. The molecule has 4 fully saturated rings. The van der Waals surface area contributed by atoms with Gasteiger partial charge in [0.05, 0.1) is 0 Å². The third kappa shape index (κ3) is 2.84. The smallest absolute Gasteiger partial charge is 0.0272 e. The highest BCUT2D eigenvalue weighted by atomic mass is 15.3. The quantitative estimate of drug-likeness (QED) is 0.827. The highest BCUT2D eigenvalue weighted by molar-refractivity contribution is 5.10. The van der Waals surface area contributed by atoms with Gasteiger partial charge >= 0.3 is 0 Å². The molecule has 3 atom stereocenters. The molecule has 3 unspecified atom stereocenters. The standard InChI is InChI=1S/C20H38N4/c1-15(2)23-9-6-19(13-21-14-19)11-17(23)18-12-20(5-8-22-20)7-10-24(18)16(3)4/h15-18,21-22H,5-14H2,1-4H3. The first-order chi connectivity index (χ1) is 11.4. The monoisotopic (exact) mass is 334 g/mol. The van der Waals surface area contributed by atoms with Crippen LogP contribution in [0.2, 0.25) is 0 Å². The van der Waals surface area contributed by atoms with Crippen molar-refractivity contribution in [3.8, 4) is 0 Å². The van der Waals surface area contributed by atoms with Crippen molar-refractivity contribution in [2.45, 2.75) is 89.5 Å². The molecule has 4 aliphatic heterocycles. The molecule has 4 heteroatoms. The van der Waals surface area contributed by atoms with Gasteiger partial charge in [-0.25, -0.2) is 0 Å². The molecule has 4 saturated heterocycles. The third-order valence-corrected chi connectivity index (χ3v) is 7.72. The van der Waals surface area contributed by atoms with Crippen LogP contribution in [0.15, 0.2) is 0 Å². The lowest BCUT2D eigenvalue weighted by Gasteiger charge is -2.60. The van der Waals surface area contributed by atoms with Gasteiger partial charge in [0.1, 0.15) is 0 Å². The number of rotatable bonds is 3. The Labute approximate surface area is 148 Å². The predicted molar refractivity (Wildman–Crippen MR) is 100 cm³/mol. The van der Waals surface area contributed by atoms with Crippen LogP contribution in [0.5, 0.6) is 0 Å². The summed E-state index contributed by atoms with van der Waals surface area (Å²) in [6, 6.07) is 2.80. The van der Waals surface area contributed by atoms with Gasteiger partial charge in [0, 0.05) is 49.3 Å². The second-order valence-corrected chi connectivity index (χ2v) is 9.77. The molecule has 0 amide bonds.